The topological polar surface area (TPSA) is 63.8 Å². The average molecular weight is 180 g/mol. The van der Waals surface area contributed by atoms with Crippen LogP contribution in [-0.4, -0.2) is 17.8 Å². The number of hydrogen-bond donors (Lipinski definition) is 1. The van der Waals surface area contributed by atoms with Crippen LogP contribution in [0.1, 0.15) is 12.7 Å². The van der Waals surface area contributed by atoms with Gasteiger partial charge in [0, 0.05) is 0 Å². The van der Waals surface area contributed by atoms with Crippen LogP contribution in [0.5, 0.6) is 0 Å². The van der Waals surface area contributed by atoms with Crippen molar-refractivity contribution in [1.82, 2.24) is 5.32 Å². The van der Waals surface area contributed by atoms with E-state index in [2.05, 4.69) is 10.5 Å². The summed E-state index contributed by atoms with van der Waals surface area (Å²) in [4.78, 5) is 16.0. The highest BCUT2D eigenvalue weighted by Crippen LogP contribution is 2.06. The third-order valence-corrected chi connectivity index (χ3v) is 1.67. The number of oxime groups is 1. The van der Waals surface area contributed by atoms with E-state index in [0.717, 1.165) is 0 Å². The normalized spacial score (nSPS) is 21.8. The predicted molar refractivity (Wildman–Crippen MR) is 43.9 cm³/mol. The minimum Gasteiger partial charge on any atom is -0.461 e. The van der Waals surface area contributed by atoms with Crippen molar-refractivity contribution in [3.8, 4) is 0 Å². The molecule has 1 amide bonds. The maximum Gasteiger partial charge on any atom is 0.269 e. The Bertz CT molecular complexity index is 342. The SMILES string of the molecule is CC1ON=C(c2ccco2)NC1=O. The lowest BCUT2D eigenvalue weighted by Crippen LogP contribution is -2.42. The molecule has 5 nitrogen and oxygen atoms in total. The number of carbonyl (C=O) groups is 1. The Balaban J connectivity index is 2.23. The smallest absolute Gasteiger partial charge is 0.269 e. The van der Waals surface area contributed by atoms with Gasteiger partial charge in [0.2, 0.25) is 11.9 Å². The summed E-state index contributed by atoms with van der Waals surface area (Å²) in [5.41, 5.74) is 0. The molecule has 68 valence electrons. The third-order valence-electron chi connectivity index (χ3n) is 1.67. The van der Waals surface area contributed by atoms with Gasteiger partial charge in [0.25, 0.3) is 5.91 Å². The maximum absolute atomic E-state index is 11.1. The van der Waals surface area contributed by atoms with Crippen LogP contribution in [0.25, 0.3) is 0 Å². The fraction of sp³-hybridized carbons (Fsp3) is 0.250. The molecule has 1 atom stereocenters. The van der Waals surface area contributed by atoms with Crippen molar-refractivity contribution < 1.29 is 14.0 Å². The van der Waals surface area contributed by atoms with Gasteiger partial charge in [0.05, 0.1) is 6.26 Å². The number of amides is 1. The Kier molecular flexibility index (Phi) is 1.77. The first-order valence-corrected chi connectivity index (χ1v) is 3.86. The van der Waals surface area contributed by atoms with Crippen LogP contribution in [0.4, 0.5) is 0 Å². The Morgan fingerprint density at radius 2 is 2.46 bits per heavy atom. The van der Waals surface area contributed by atoms with Gasteiger partial charge in [0.1, 0.15) is 0 Å². The van der Waals surface area contributed by atoms with Crippen LogP contribution >= 0.6 is 0 Å². The van der Waals surface area contributed by atoms with E-state index in [1.807, 2.05) is 0 Å². The quantitative estimate of drug-likeness (QED) is 0.683. The van der Waals surface area contributed by atoms with E-state index >= 15 is 0 Å². The summed E-state index contributed by atoms with van der Waals surface area (Å²) < 4.78 is 5.03. The molecule has 0 saturated carbocycles. The lowest BCUT2D eigenvalue weighted by molar-refractivity contribution is -0.132. The maximum atomic E-state index is 11.1. The van der Waals surface area contributed by atoms with Crippen LogP contribution in [0.15, 0.2) is 28.0 Å². The van der Waals surface area contributed by atoms with Crippen LogP contribution in [0, 0.1) is 0 Å². The summed E-state index contributed by atoms with van der Waals surface area (Å²) in [7, 11) is 0. The van der Waals surface area contributed by atoms with Crippen molar-refractivity contribution in [2.75, 3.05) is 0 Å². The lowest BCUT2D eigenvalue weighted by atomic mass is 10.3. The van der Waals surface area contributed by atoms with E-state index in [9.17, 15) is 4.79 Å². The highest BCUT2D eigenvalue weighted by molar-refractivity contribution is 6.08. The van der Waals surface area contributed by atoms with Gasteiger partial charge >= 0.3 is 0 Å². The molecule has 1 N–H and O–H groups in total. The third kappa shape index (κ3) is 1.40. The summed E-state index contributed by atoms with van der Waals surface area (Å²) in [6.45, 7) is 1.62. The Labute approximate surface area is 74.4 Å². The van der Waals surface area contributed by atoms with Crippen LogP contribution < -0.4 is 5.32 Å². The van der Waals surface area contributed by atoms with Crippen molar-refractivity contribution in [3.05, 3.63) is 24.2 Å². The largest absolute Gasteiger partial charge is 0.461 e. The molecule has 0 aromatic carbocycles. The molecule has 1 unspecified atom stereocenters. The second kappa shape index (κ2) is 2.93. The van der Waals surface area contributed by atoms with E-state index in [0.29, 0.717) is 11.6 Å². The monoisotopic (exact) mass is 180 g/mol. The molecule has 1 aliphatic heterocycles. The first kappa shape index (κ1) is 7.85. The molecule has 0 radical (unpaired) electrons. The zero-order valence-corrected chi connectivity index (χ0v) is 6.98. The first-order chi connectivity index (χ1) is 6.27. The standard InChI is InChI=1S/C8H8N2O3/c1-5-8(11)9-7(10-13-5)6-3-2-4-12-6/h2-5H,1H3,(H,9,10,11). The molecule has 0 saturated heterocycles. The molecular weight excluding hydrogens is 172 g/mol. The highest BCUT2D eigenvalue weighted by atomic mass is 16.6. The zero-order chi connectivity index (χ0) is 9.26. The van der Waals surface area contributed by atoms with Crippen LogP contribution in [0.3, 0.4) is 0 Å². The van der Waals surface area contributed by atoms with Gasteiger partial charge in [-0.1, -0.05) is 5.16 Å². The molecule has 0 aliphatic carbocycles. The fourth-order valence-electron chi connectivity index (χ4n) is 0.941. The average Bonchev–Trinajstić information content (AvgIpc) is 2.62. The molecule has 0 bridgehead atoms. The Hall–Kier alpha value is -1.78. The molecule has 2 heterocycles. The lowest BCUT2D eigenvalue weighted by Gasteiger charge is -2.16. The van der Waals surface area contributed by atoms with Crippen LogP contribution in [-0.2, 0) is 9.63 Å². The van der Waals surface area contributed by atoms with Gasteiger partial charge in [-0.15, -0.1) is 0 Å². The number of hydrogen-bond acceptors (Lipinski definition) is 4. The number of nitrogens with zero attached hydrogens (tertiary/aromatic N) is 1. The van der Waals surface area contributed by atoms with Gasteiger partial charge < -0.3 is 14.6 Å². The number of rotatable bonds is 1. The second-order valence-electron chi connectivity index (χ2n) is 2.65. The summed E-state index contributed by atoms with van der Waals surface area (Å²) >= 11 is 0. The van der Waals surface area contributed by atoms with Crippen molar-refractivity contribution in [2.45, 2.75) is 13.0 Å². The van der Waals surface area contributed by atoms with Gasteiger partial charge in [0.15, 0.2) is 5.76 Å². The molecule has 0 fully saturated rings. The van der Waals surface area contributed by atoms with E-state index < -0.39 is 6.10 Å². The minimum atomic E-state index is -0.543. The van der Waals surface area contributed by atoms with E-state index in [1.54, 1.807) is 19.1 Å². The number of carbonyl (C=O) groups excluding carboxylic acids is 1. The highest BCUT2D eigenvalue weighted by Gasteiger charge is 2.23. The Morgan fingerprint density at radius 3 is 3.08 bits per heavy atom. The summed E-state index contributed by atoms with van der Waals surface area (Å²) in [6, 6.07) is 3.40. The summed E-state index contributed by atoms with van der Waals surface area (Å²) in [6.07, 6.45) is 0.959. The van der Waals surface area contributed by atoms with E-state index in [4.69, 9.17) is 9.25 Å². The van der Waals surface area contributed by atoms with Gasteiger partial charge in [-0.05, 0) is 19.1 Å². The number of furan rings is 1. The first-order valence-electron chi connectivity index (χ1n) is 3.86. The molecule has 0 spiro atoms. The van der Waals surface area contributed by atoms with Crippen molar-refractivity contribution in [1.29, 1.82) is 0 Å². The van der Waals surface area contributed by atoms with Crippen molar-refractivity contribution >= 4 is 11.7 Å². The predicted octanol–water partition coefficient (Wildman–Crippen LogP) is 0.476. The molecule has 5 heteroatoms. The second-order valence-corrected chi connectivity index (χ2v) is 2.65. The molecular formula is C8H8N2O3. The molecule has 1 aliphatic rings. The number of nitrogens with one attached hydrogen (secondary N) is 1. The summed E-state index contributed by atoms with van der Waals surface area (Å²) in [5, 5.41) is 6.26. The molecule has 1 aromatic heterocycles. The number of amidine groups is 1. The molecule has 2 rings (SSSR count). The molecule has 1 aromatic rings. The van der Waals surface area contributed by atoms with Gasteiger partial charge in [-0.3, -0.25) is 4.79 Å². The van der Waals surface area contributed by atoms with Crippen molar-refractivity contribution in [2.24, 2.45) is 5.16 Å². The Morgan fingerprint density at radius 1 is 1.62 bits per heavy atom. The van der Waals surface area contributed by atoms with E-state index in [-0.39, 0.29) is 5.91 Å². The van der Waals surface area contributed by atoms with E-state index in [1.165, 1.54) is 6.26 Å². The minimum absolute atomic E-state index is 0.221. The summed E-state index contributed by atoms with van der Waals surface area (Å²) in [5.74, 6) is 0.578. The fourth-order valence-corrected chi connectivity index (χ4v) is 0.941. The van der Waals surface area contributed by atoms with Gasteiger partial charge in [-0.25, -0.2) is 0 Å². The zero-order valence-electron chi connectivity index (χ0n) is 6.98. The van der Waals surface area contributed by atoms with Crippen LogP contribution in [0.2, 0.25) is 0 Å². The van der Waals surface area contributed by atoms with Crippen molar-refractivity contribution in [3.63, 3.8) is 0 Å². The van der Waals surface area contributed by atoms with Gasteiger partial charge in [-0.2, -0.15) is 0 Å². The molecule has 13 heavy (non-hydrogen) atoms.